The molecule has 3 N–H and O–H groups in total. The molecule has 0 saturated carbocycles. The maximum atomic E-state index is 12.4. The first kappa shape index (κ1) is 20.2. The molecule has 0 fully saturated rings. The molecule has 0 saturated heterocycles. The normalized spacial score (nSPS) is 10.4. The maximum Gasteiger partial charge on any atom is 0.255 e. The van der Waals surface area contributed by atoms with Gasteiger partial charge in [-0.1, -0.05) is 26.8 Å². The lowest BCUT2D eigenvalue weighted by atomic mass is 10.1. The fraction of sp³-hybridized carbons (Fsp3) is 0.286. The molecule has 0 radical (unpaired) electrons. The van der Waals surface area contributed by atoms with Crippen LogP contribution in [0.15, 0.2) is 48.5 Å². The van der Waals surface area contributed by atoms with Gasteiger partial charge in [0, 0.05) is 35.0 Å². The molecular weight excluding hydrogens is 342 g/mol. The summed E-state index contributed by atoms with van der Waals surface area (Å²) < 4.78 is 0. The van der Waals surface area contributed by atoms with Crippen LogP contribution in [0.1, 0.15) is 44.0 Å². The predicted molar refractivity (Wildman–Crippen MR) is 108 cm³/mol. The Hall–Kier alpha value is -3.15. The monoisotopic (exact) mass is 367 g/mol. The quantitative estimate of drug-likeness (QED) is 0.683. The van der Waals surface area contributed by atoms with Gasteiger partial charge < -0.3 is 16.0 Å². The topological polar surface area (TPSA) is 87.3 Å². The summed E-state index contributed by atoms with van der Waals surface area (Å²) in [4.78, 5) is 35.8. The Balaban J connectivity index is 2.00. The summed E-state index contributed by atoms with van der Waals surface area (Å²) in [7, 11) is 0. The van der Waals surface area contributed by atoms with Crippen molar-refractivity contribution in [3.63, 3.8) is 0 Å². The number of hydrogen-bond acceptors (Lipinski definition) is 3. The van der Waals surface area contributed by atoms with Gasteiger partial charge in [-0.3, -0.25) is 14.4 Å². The molecule has 0 aliphatic carbocycles. The molecule has 2 aromatic rings. The van der Waals surface area contributed by atoms with Crippen molar-refractivity contribution in [3.8, 4) is 0 Å². The van der Waals surface area contributed by atoms with Crippen molar-refractivity contribution in [2.45, 2.75) is 33.6 Å². The fourth-order valence-electron chi connectivity index (χ4n) is 2.32. The van der Waals surface area contributed by atoms with E-state index < -0.39 is 0 Å². The maximum absolute atomic E-state index is 12.4. The average Bonchev–Trinajstić information content (AvgIpc) is 2.62. The molecule has 0 atom stereocenters. The highest BCUT2D eigenvalue weighted by molar-refractivity contribution is 6.05. The highest BCUT2D eigenvalue weighted by atomic mass is 16.2. The molecule has 6 nitrogen and oxygen atoms in total. The average molecular weight is 367 g/mol. The molecule has 2 aromatic carbocycles. The smallest absolute Gasteiger partial charge is 0.255 e. The van der Waals surface area contributed by atoms with Gasteiger partial charge in [-0.25, -0.2) is 0 Å². The summed E-state index contributed by atoms with van der Waals surface area (Å²) in [6, 6.07) is 13.7. The number of benzene rings is 2. The number of hydrogen-bond donors (Lipinski definition) is 3. The van der Waals surface area contributed by atoms with E-state index in [0.29, 0.717) is 29.0 Å². The first-order valence-corrected chi connectivity index (χ1v) is 9.01. The lowest BCUT2D eigenvalue weighted by Crippen LogP contribution is -2.18. The summed E-state index contributed by atoms with van der Waals surface area (Å²) in [6.07, 6.45) is 1.23. The van der Waals surface area contributed by atoms with Gasteiger partial charge in [0.15, 0.2) is 0 Å². The molecular formula is C21H25N3O3. The lowest BCUT2D eigenvalue weighted by molar-refractivity contribution is -0.119. The Morgan fingerprint density at radius 2 is 1.48 bits per heavy atom. The van der Waals surface area contributed by atoms with Gasteiger partial charge in [-0.05, 0) is 48.9 Å². The molecule has 0 aliphatic rings. The molecule has 2 rings (SSSR count). The van der Waals surface area contributed by atoms with Crippen molar-refractivity contribution in [1.82, 2.24) is 0 Å². The Labute approximate surface area is 159 Å². The zero-order valence-electron chi connectivity index (χ0n) is 15.8. The van der Waals surface area contributed by atoms with E-state index in [1.807, 2.05) is 20.8 Å². The first-order chi connectivity index (χ1) is 12.9. The largest absolute Gasteiger partial charge is 0.326 e. The summed E-state index contributed by atoms with van der Waals surface area (Å²) in [5.74, 6) is -0.513. The van der Waals surface area contributed by atoms with Gasteiger partial charge in [-0.2, -0.15) is 0 Å². The number of rotatable bonds is 7. The standard InChI is InChI=1S/C21H25N3O3/c1-4-6-19(25)22-17-7-5-8-18(13-17)24-21(27)15-9-11-16(12-10-15)23-20(26)14(2)3/h5,7-14H,4,6H2,1-3H3,(H,22,25)(H,23,26)(H,24,27). The summed E-state index contributed by atoms with van der Waals surface area (Å²) >= 11 is 0. The molecule has 142 valence electrons. The second-order valence-electron chi connectivity index (χ2n) is 6.55. The van der Waals surface area contributed by atoms with E-state index in [9.17, 15) is 14.4 Å². The molecule has 27 heavy (non-hydrogen) atoms. The molecule has 0 spiro atoms. The highest BCUT2D eigenvalue weighted by Gasteiger charge is 2.10. The second kappa shape index (κ2) is 9.52. The summed E-state index contributed by atoms with van der Waals surface area (Å²) in [6.45, 7) is 5.57. The van der Waals surface area contributed by atoms with E-state index in [1.165, 1.54) is 0 Å². The predicted octanol–water partition coefficient (Wildman–Crippen LogP) is 4.27. The molecule has 0 unspecified atom stereocenters. The van der Waals surface area contributed by atoms with Gasteiger partial charge in [-0.15, -0.1) is 0 Å². The number of carbonyl (C=O) groups is 3. The molecule has 6 heteroatoms. The Morgan fingerprint density at radius 1 is 0.852 bits per heavy atom. The van der Waals surface area contributed by atoms with Crippen LogP contribution < -0.4 is 16.0 Å². The minimum Gasteiger partial charge on any atom is -0.326 e. The van der Waals surface area contributed by atoms with Crippen LogP contribution in [0.5, 0.6) is 0 Å². The zero-order valence-corrected chi connectivity index (χ0v) is 15.8. The van der Waals surface area contributed by atoms with Crippen molar-refractivity contribution >= 4 is 34.8 Å². The minimum atomic E-state index is -0.270. The molecule has 0 heterocycles. The van der Waals surface area contributed by atoms with Crippen LogP contribution in [0, 0.1) is 5.92 Å². The number of amides is 3. The van der Waals surface area contributed by atoms with E-state index in [4.69, 9.17) is 0 Å². The van der Waals surface area contributed by atoms with Crippen LogP contribution in [0.25, 0.3) is 0 Å². The van der Waals surface area contributed by atoms with Gasteiger partial charge >= 0.3 is 0 Å². The fourth-order valence-corrected chi connectivity index (χ4v) is 2.32. The zero-order chi connectivity index (χ0) is 19.8. The van der Waals surface area contributed by atoms with E-state index >= 15 is 0 Å². The van der Waals surface area contributed by atoms with Gasteiger partial charge in [0.25, 0.3) is 5.91 Å². The van der Waals surface area contributed by atoms with Crippen LogP contribution in [-0.4, -0.2) is 17.7 Å². The Kier molecular flexibility index (Phi) is 7.11. The van der Waals surface area contributed by atoms with Crippen LogP contribution in [0.2, 0.25) is 0 Å². The molecule has 0 bridgehead atoms. The van der Waals surface area contributed by atoms with E-state index in [1.54, 1.807) is 48.5 Å². The third-order valence-corrected chi connectivity index (χ3v) is 3.82. The second-order valence-corrected chi connectivity index (χ2v) is 6.55. The minimum absolute atomic E-state index is 0.0555. The summed E-state index contributed by atoms with van der Waals surface area (Å²) in [5.41, 5.74) is 2.34. The lowest BCUT2D eigenvalue weighted by Gasteiger charge is -2.10. The van der Waals surface area contributed by atoms with Gasteiger partial charge in [0.2, 0.25) is 11.8 Å². The van der Waals surface area contributed by atoms with Crippen molar-refractivity contribution in [2.75, 3.05) is 16.0 Å². The third kappa shape index (κ3) is 6.26. The van der Waals surface area contributed by atoms with E-state index in [0.717, 1.165) is 6.42 Å². The molecule has 0 aliphatic heterocycles. The van der Waals surface area contributed by atoms with Gasteiger partial charge in [0.1, 0.15) is 0 Å². The van der Waals surface area contributed by atoms with Crippen molar-refractivity contribution in [3.05, 3.63) is 54.1 Å². The van der Waals surface area contributed by atoms with Crippen molar-refractivity contribution in [2.24, 2.45) is 5.92 Å². The van der Waals surface area contributed by atoms with Crippen LogP contribution >= 0.6 is 0 Å². The van der Waals surface area contributed by atoms with Crippen LogP contribution in [0.4, 0.5) is 17.1 Å². The summed E-state index contributed by atoms with van der Waals surface area (Å²) in [5, 5.41) is 8.39. The Morgan fingerprint density at radius 3 is 2.07 bits per heavy atom. The first-order valence-electron chi connectivity index (χ1n) is 9.01. The van der Waals surface area contributed by atoms with E-state index in [-0.39, 0.29) is 23.6 Å². The highest BCUT2D eigenvalue weighted by Crippen LogP contribution is 2.17. The van der Waals surface area contributed by atoms with Crippen LogP contribution in [0.3, 0.4) is 0 Å². The Bertz CT molecular complexity index is 814. The number of anilines is 3. The number of nitrogens with one attached hydrogen (secondary N) is 3. The molecule has 3 amide bonds. The van der Waals surface area contributed by atoms with Crippen LogP contribution in [-0.2, 0) is 9.59 Å². The van der Waals surface area contributed by atoms with E-state index in [2.05, 4.69) is 16.0 Å². The number of carbonyl (C=O) groups excluding carboxylic acids is 3. The van der Waals surface area contributed by atoms with Gasteiger partial charge in [0.05, 0.1) is 0 Å². The molecule has 0 aromatic heterocycles. The SMILES string of the molecule is CCCC(=O)Nc1cccc(NC(=O)c2ccc(NC(=O)C(C)C)cc2)c1. The third-order valence-electron chi connectivity index (χ3n) is 3.82. The van der Waals surface area contributed by atoms with Crippen molar-refractivity contribution < 1.29 is 14.4 Å². The van der Waals surface area contributed by atoms with Crippen molar-refractivity contribution in [1.29, 1.82) is 0 Å².